The summed E-state index contributed by atoms with van der Waals surface area (Å²) < 4.78 is 35.8. The van der Waals surface area contributed by atoms with Crippen molar-refractivity contribution in [1.29, 1.82) is 0 Å². The second-order valence-electron chi connectivity index (χ2n) is 12.6. The number of fused-ring (bicyclic) bond motifs is 3. The van der Waals surface area contributed by atoms with Gasteiger partial charge in [0.2, 0.25) is 10.0 Å². The van der Waals surface area contributed by atoms with Crippen molar-refractivity contribution in [3.63, 3.8) is 0 Å². The summed E-state index contributed by atoms with van der Waals surface area (Å²) in [6.07, 6.45) is 8.42. The first-order valence-corrected chi connectivity index (χ1v) is 17.2. The average Bonchev–Trinajstić information content (AvgIpc) is 2.93. The molecule has 0 spiro atoms. The number of nitrogens with one attached hydrogen (secondary N) is 1. The van der Waals surface area contributed by atoms with Gasteiger partial charge in [0.15, 0.2) is 0 Å². The number of sulfonamides is 1. The number of aliphatic hydroxyl groups is 1. The molecule has 2 aliphatic heterocycles. The molecule has 1 aliphatic carbocycles. The lowest BCUT2D eigenvalue weighted by Crippen LogP contribution is -2.44. The van der Waals surface area contributed by atoms with Crippen molar-refractivity contribution in [3.8, 4) is 5.75 Å². The second kappa shape index (κ2) is 13.0. The van der Waals surface area contributed by atoms with Gasteiger partial charge in [-0.05, 0) is 104 Å². The molecule has 3 aliphatic rings. The number of aliphatic hydroxyl groups excluding tert-OH is 1. The summed E-state index contributed by atoms with van der Waals surface area (Å²) in [5.41, 5.74) is 3.30. The number of hydrogen-bond acceptors (Lipinski definition) is 6. The van der Waals surface area contributed by atoms with Gasteiger partial charge in [0.05, 0.1) is 17.0 Å². The van der Waals surface area contributed by atoms with Crippen LogP contribution in [0.5, 0.6) is 5.75 Å². The minimum absolute atomic E-state index is 0.134. The number of halogens is 1. The fourth-order valence-corrected chi connectivity index (χ4v) is 9.07. The molecule has 1 saturated carbocycles. The Balaban J connectivity index is 1.55. The van der Waals surface area contributed by atoms with Crippen LogP contribution in [0.4, 0.5) is 5.69 Å². The molecular weight excluding hydrogens is 572 g/mol. The van der Waals surface area contributed by atoms with Crippen molar-refractivity contribution in [2.75, 3.05) is 18.0 Å². The zero-order chi connectivity index (χ0) is 30.0. The Morgan fingerprint density at radius 2 is 1.90 bits per heavy atom. The topological polar surface area (TPSA) is 95.9 Å². The molecule has 0 aromatic heterocycles. The first-order valence-electron chi connectivity index (χ1n) is 15.2. The van der Waals surface area contributed by atoms with Gasteiger partial charge in [-0.1, -0.05) is 50.6 Å². The number of anilines is 1. The standard InChI is InChI=1S/C33H43ClN2O5S/c1-21(2)32-22(3)7-6-9-30(37)28-14-11-25(28)19-36-16-5-4-8-23-17-27(34)13-10-26(23)20-41-31-15-12-24(18-29(31)36)33(38)35-42(32,39)40/h6,9-10,12-13,15,17-18,21-22,25,28,30,32,37H,4-5,7-8,11,14,16,19-20H2,1-3H3,(H,35,38)/b9-6+/t22-,25-,28+,30-,32-/m0/s1. The minimum atomic E-state index is -3.97. The van der Waals surface area contributed by atoms with E-state index < -0.39 is 27.3 Å². The number of hydrogen-bond donors (Lipinski definition) is 2. The number of allylic oxidation sites excluding steroid dienone is 1. The van der Waals surface area contributed by atoms with Gasteiger partial charge in [-0.3, -0.25) is 4.79 Å². The van der Waals surface area contributed by atoms with Crippen molar-refractivity contribution in [2.45, 2.75) is 77.3 Å². The van der Waals surface area contributed by atoms with Crippen molar-refractivity contribution in [1.82, 2.24) is 4.72 Å². The molecule has 5 rings (SSSR count). The van der Waals surface area contributed by atoms with Gasteiger partial charge < -0.3 is 14.7 Å². The number of ether oxygens (including phenoxy) is 1. The van der Waals surface area contributed by atoms with Gasteiger partial charge >= 0.3 is 0 Å². The molecule has 2 heterocycles. The van der Waals surface area contributed by atoms with E-state index in [1.807, 2.05) is 51.1 Å². The molecule has 1 amide bonds. The number of nitrogens with zero attached hydrogens (tertiary/aromatic N) is 1. The molecule has 1 fully saturated rings. The van der Waals surface area contributed by atoms with Crippen LogP contribution < -0.4 is 14.4 Å². The van der Waals surface area contributed by atoms with E-state index in [0.717, 1.165) is 56.4 Å². The Bertz CT molecular complexity index is 1430. The summed E-state index contributed by atoms with van der Waals surface area (Å²) in [7, 11) is -3.97. The van der Waals surface area contributed by atoms with Crippen LogP contribution in [0.15, 0.2) is 48.6 Å². The van der Waals surface area contributed by atoms with Crippen LogP contribution >= 0.6 is 11.6 Å². The number of rotatable bonds is 1. The molecule has 2 aromatic carbocycles. The SMILES string of the molecule is CC(C)[C@H]1[C@@H](C)C/C=C/[C@H](O)[C@@H]2CC[C@H]2CN2CCCCc3cc(Cl)ccc3COc3ccc(cc32)C(=O)NS1(=O)=O. The highest BCUT2D eigenvalue weighted by molar-refractivity contribution is 7.90. The molecule has 7 nitrogen and oxygen atoms in total. The molecule has 2 aromatic rings. The predicted molar refractivity (Wildman–Crippen MR) is 168 cm³/mol. The summed E-state index contributed by atoms with van der Waals surface area (Å²) in [5.74, 6) is -0.00180. The van der Waals surface area contributed by atoms with E-state index >= 15 is 0 Å². The first-order chi connectivity index (χ1) is 20.0. The van der Waals surface area contributed by atoms with Crippen LogP contribution in [-0.4, -0.2) is 43.9 Å². The van der Waals surface area contributed by atoms with Crippen molar-refractivity contribution < 1.29 is 23.1 Å². The zero-order valence-corrected chi connectivity index (χ0v) is 26.3. The van der Waals surface area contributed by atoms with Crippen LogP contribution in [0.1, 0.15) is 74.4 Å². The van der Waals surface area contributed by atoms with Gasteiger partial charge in [-0.25, -0.2) is 13.1 Å². The van der Waals surface area contributed by atoms with Crippen LogP contribution in [-0.2, 0) is 23.1 Å². The van der Waals surface area contributed by atoms with Crippen LogP contribution in [0.25, 0.3) is 0 Å². The van der Waals surface area contributed by atoms with E-state index in [1.165, 1.54) is 5.56 Å². The summed E-state index contributed by atoms with van der Waals surface area (Å²) in [6, 6.07) is 11.1. The van der Waals surface area contributed by atoms with Gasteiger partial charge in [0.1, 0.15) is 12.4 Å². The van der Waals surface area contributed by atoms with Crippen LogP contribution in [0.3, 0.4) is 0 Å². The van der Waals surface area contributed by atoms with Crippen molar-refractivity contribution in [2.24, 2.45) is 23.7 Å². The average molecular weight is 615 g/mol. The fraction of sp³-hybridized carbons (Fsp3) is 0.545. The maximum Gasteiger partial charge on any atom is 0.264 e. The maximum atomic E-state index is 13.5. The van der Waals surface area contributed by atoms with Crippen LogP contribution in [0.2, 0.25) is 5.02 Å². The van der Waals surface area contributed by atoms with Gasteiger partial charge in [0.25, 0.3) is 5.91 Å². The summed E-state index contributed by atoms with van der Waals surface area (Å²) in [4.78, 5) is 15.7. The fourth-order valence-electron chi connectivity index (χ4n) is 6.92. The van der Waals surface area contributed by atoms with Gasteiger partial charge in [-0.2, -0.15) is 0 Å². The number of carbonyl (C=O) groups excluding carboxylic acids is 1. The Morgan fingerprint density at radius 3 is 2.64 bits per heavy atom. The third-order valence-corrected chi connectivity index (χ3v) is 11.7. The summed E-state index contributed by atoms with van der Waals surface area (Å²) >= 11 is 6.31. The normalized spacial score (nSPS) is 29.1. The predicted octanol–water partition coefficient (Wildman–Crippen LogP) is 6.13. The number of amides is 1. The smallest absolute Gasteiger partial charge is 0.264 e. The van der Waals surface area contributed by atoms with E-state index in [1.54, 1.807) is 18.2 Å². The molecular formula is C33H43ClN2O5S. The van der Waals surface area contributed by atoms with E-state index in [4.69, 9.17) is 16.3 Å². The quantitative estimate of drug-likeness (QED) is 0.375. The Kier molecular flexibility index (Phi) is 9.55. The largest absolute Gasteiger partial charge is 0.487 e. The van der Waals surface area contributed by atoms with Crippen molar-refractivity contribution in [3.05, 3.63) is 70.3 Å². The van der Waals surface area contributed by atoms with E-state index in [0.29, 0.717) is 29.7 Å². The highest BCUT2D eigenvalue weighted by Crippen LogP contribution is 2.41. The van der Waals surface area contributed by atoms with Crippen LogP contribution in [0, 0.1) is 23.7 Å². The third kappa shape index (κ3) is 6.81. The van der Waals surface area contributed by atoms with E-state index in [9.17, 15) is 18.3 Å². The molecule has 228 valence electrons. The molecule has 42 heavy (non-hydrogen) atoms. The highest BCUT2D eigenvalue weighted by atomic mass is 35.5. The molecule has 0 saturated heterocycles. The molecule has 2 N–H and O–H groups in total. The Labute approximate surface area is 255 Å². The monoisotopic (exact) mass is 614 g/mol. The number of benzene rings is 2. The first kappa shape index (κ1) is 30.9. The number of aryl methyl sites for hydroxylation is 1. The second-order valence-corrected chi connectivity index (χ2v) is 14.9. The molecule has 2 bridgehead atoms. The van der Waals surface area contributed by atoms with E-state index in [-0.39, 0.29) is 23.3 Å². The molecule has 5 atom stereocenters. The maximum absolute atomic E-state index is 13.5. The lowest BCUT2D eigenvalue weighted by atomic mass is 9.70. The van der Waals surface area contributed by atoms with Crippen molar-refractivity contribution >= 4 is 33.2 Å². The molecule has 9 heteroatoms. The minimum Gasteiger partial charge on any atom is -0.487 e. The number of carbonyl (C=O) groups is 1. The summed E-state index contributed by atoms with van der Waals surface area (Å²) in [5, 5.41) is 11.0. The summed E-state index contributed by atoms with van der Waals surface area (Å²) in [6.45, 7) is 7.44. The lowest BCUT2D eigenvalue weighted by molar-refractivity contribution is 0.0461. The van der Waals surface area contributed by atoms with Gasteiger partial charge in [0, 0.05) is 23.7 Å². The zero-order valence-electron chi connectivity index (χ0n) is 24.8. The van der Waals surface area contributed by atoms with E-state index in [2.05, 4.69) is 9.62 Å². The lowest BCUT2D eigenvalue weighted by Gasteiger charge is -2.42. The molecule has 0 radical (unpaired) electrons. The molecule has 0 unspecified atom stereocenters. The Hall–Kier alpha value is -2.55. The Morgan fingerprint density at radius 1 is 1.10 bits per heavy atom. The van der Waals surface area contributed by atoms with Gasteiger partial charge in [-0.15, -0.1) is 0 Å². The highest BCUT2D eigenvalue weighted by Gasteiger charge is 2.38. The third-order valence-electron chi connectivity index (χ3n) is 9.26.